The number of phenols is 1. The summed E-state index contributed by atoms with van der Waals surface area (Å²) in [7, 11) is 1.42. The maximum atomic E-state index is 12.6. The van der Waals surface area contributed by atoms with E-state index in [1.165, 1.54) is 37.4 Å². The van der Waals surface area contributed by atoms with Crippen molar-refractivity contribution in [2.45, 2.75) is 55.3 Å². The lowest BCUT2D eigenvalue weighted by molar-refractivity contribution is -0.343. The van der Waals surface area contributed by atoms with Gasteiger partial charge < -0.3 is 63.8 Å². The Morgan fingerprint density at radius 1 is 0.902 bits per heavy atom. The molecule has 0 radical (unpaired) electrons. The van der Waals surface area contributed by atoms with Crippen molar-refractivity contribution in [1.29, 1.82) is 0 Å². The first-order valence-electron chi connectivity index (χ1n) is 12.7. The van der Waals surface area contributed by atoms with Crippen molar-refractivity contribution in [2.24, 2.45) is 0 Å². The fourth-order valence-corrected chi connectivity index (χ4v) is 4.71. The molecule has 3 heterocycles. The van der Waals surface area contributed by atoms with Crippen LogP contribution in [0.5, 0.6) is 17.2 Å². The summed E-state index contributed by atoms with van der Waals surface area (Å²) in [6.07, 6.45) is -13.5. The summed E-state index contributed by atoms with van der Waals surface area (Å²) in [6, 6.07) is 10.3. The molecular formula is C27H30O14. The molecule has 2 saturated heterocycles. The molecule has 0 amide bonds. The number of hydrogen-bond acceptors (Lipinski definition) is 14. The maximum absolute atomic E-state index is 12.6. The molecular weight excluding hydrogens is 548 g/mol. The molecule has 14 heteroatoms. The number of ether oxygens (including phenoxy) is 5. The topological polar surface area (TPSA) is 218 Å². The third kappa shape index (κ3) is 5.74. The molecule has 222 valence electrons. The number of aliphatic hydroxyl groups is 6. The van der Waals surface area contributed by atoms with Gasteiger partial charge in [-0.05, 0) is 24.3 Å². The van der Waals surface area contributed by atoms with Crippen LogP contribution in [0.1, 0.15) is 0 Å². The lowest BCUT2D eigenvalue weighted by Crippen LogP contribution is -2.63. The first-order valence-corrected chi connectivity index (χ1v) is 12.7. The summed E-state index contributed by atoms with van der Waals surface area (Å²) in [5.41, 5.74) is 0.180. The van der Waals surface area contributed by atoms with Crippen molar-refractivity contribution >= 4 is 11.0 Å². The zero-order valence-electron chi connectivity index (χ0n) is 21.6. The van der Waals surface area contributed by atoms with Crippen molar-refractivity contribution in [3.05, 3.63) is 52.7 Å². The molecule has 0 aliphatic carbocycles. The van der Waals surface area contributed by atoms with Crippen LogP contribution in [0, 0.1) is 0 Å². The number of hydrogen-bond donors (Lipinski definition) is 7. The molecule has 2 aliphatic rings. The molecule has 1 aromatic heterocycles. The third-order valence-electron chi connectivity index (χ3n) is 6.98. The molecule has 7 N–H and O–H groups in total. The highest BCUT2D eigenvalue weighted by Gasteiger charge is 2.48. The Hall–Kier alpha value is -3.31. The van der Waals surface area contributed by atoms with E-state index >= 15 is 0 Å². The summed E-state index contributed by atoms with van der Waals surface area (Å²) >= 11 is 0. The van der Waals surface area contributed by atoms with Crippen LogP contribution in [-0.2, 0) is 14.2 Å². The van der Waals surface area contributed by atoms with E-state index in [1.54, 1.807) is 12.1 Å². The molecule has 3 aromatic rings. The Kier molecular flexibility index (Phi) is 8.47. The monoisotopic (exact) mass is 578 g/mol. The first kappa shape index (κ1) is 29.2. The molecule has 0 spiro atoms. The van der Waals surface area contributed by atoms with Gasteiger partial charge in [0.25, 0.3) is 0 Å². The Bertz CT molecular complexity index is 1410. The lowest BCUT2D eigenvalue weighted by atomic mass is 9.98. The summed E-state index contributed by atoms with van der Waals surface area (Å²) in [5.74, 6) is 0.493. The van der Waals surface area contributed by atoms with Crippen molar-refractivity contribution in [3.63, 3.8) is 0 Å². The van der Waals surface area contributed by atoms with Gasteiger partial charge in [0.05, 0.1) is 20.3 Å². The van der Waals surface area contributed by atoms with Crippen LogP contribution in [-0.4, -0.2) is 111 Å². The van der Waals surface area contributed by atoms with Crippen LogP contribution in [0.3, 0.4) is 0 Å². The summed E-state index contributed by atoms with van der Waals surface area (Å²) in [5, 5.41) is 70.9. The molecule has 0 unspecified atom stereocenters. The van der Waals surface area contributed by atoms with Gasteiger partial charge in [-0.2, -0.15) is 0 Å². The molecule has 41 heavy (non-hydrogen) atoms. The number of rotatable bonds is 7. The molecule has 5 rings (SSSR count). The molecule has 2 fully saturated rings. The number of benzene rings is 2. The van der Waals surface area contributed by atoms with Crippen LogP contribution in [0.25, 0.3) is 22.3 Å². The number of fused-ring (bicyclic) bond motifs is 1. The highest BCUT2D eigenvalue weighted by atomic mass is 16.7. The van der Waals surface area contributed by atoms with E-state index < -0.39 is 67.3 Å². The van der Waals surface area contributed by atoms with E-state index in [-0.39, 0.29) is 34.8 Å². The van der Waals surface area contributed by atoms with Gasteiger partial charge >= 0.3 is 0 Å². The van der Waals surface area contributed by atoms with E-state index in [9.17, 15) is 40.5 Å². The quantitative estimate of drug-likeness (QED) is 0.176. The van der Waals surface area contributed by atoms with Crippen LogP contribution >= 0.6 is 0 Å². The van der Waals surface area contributed by atoms with Gasteiger partial charge in [-0.25, -0.2) is 0 Å². The highest BCUT2D eigenvalue weighted by Crippen LogP contribution is 2.32. The average Bonchev–Trinajstić information content (AvgIpc) is 2.96. The van der Waals surface area contributed by atoms with Gasteiger partial charge in [0.15, 0.2) is 11.7 Å². The molecule has 0 bridgehead atoms. The van der Waals surface area contributed by atoms with Gasteiger partial charge in [-0.15, -0.1) is 0 Å². The second-order valence-corrected chi connectivity index (χ2v) is 9.69. The smallest absolute Gasteiger partial charge is 0.228 e. The van der Waals surface area contributed by atoms with E-state index in [0.29, 0.717) is 11.3 Å². The fraction of sp³-hybridized carbons (Fsp3) is 0.444. The van der Waals surface area contributed by atoms with Gasteiger partial charge in [0.2, 0.25) is 6.29 Å². The highest BCUT2D eigenvalue weighted by molar-refractivity contribution is 5.86. The Morgan fingerprint density at radius 2 is 1.63 bits per heavy atom. The maximum Gasteiger partial charge on any atom is 0.228 e. The molecule has 9 atom stereocenters. The molecule has 0 saturated carbocycles. The van der Waals surface area contributed by atoms with Crippen LogP contribution in [0.4, 0.5) is 0 Å². The predicted molar refractivity (Wildman–Crippen MR) is 137 cm³/mol. The van der Waals surface area contributed by atoms with Crippen LogP contribution in [0.15, 0.2) is 51.7 Å². The van der Waals surface area contributed by atoms with Gasteiger partial charge in [0, 0.05) is 23.8 Å². The Balaban J connectivity index is 1.30. The second kappa shape index (κ2) is 11.9. The minimum absolute atomic E-state index is 0.0145. The van der Waals surface area contributed by atoms with E-state index in [4.69, 9.17) is 28.1 Å². The number of phenolic OH excluding ortho intramolecular Hbond substituents is 1. The van der Waals surface area contributed by atoms with E-state index in [1.807, 2.05) is 0 Å². The minimum atomic E-state index is -1.73. The number of aliphatic hydroxyl groups excluding tert-OH is 6. The van der Waals surface area contributed by atoms with Crippen molar-refractivity contribution < 1.29 is 63.8 Å². The van der Waals surface area contributed by atoms with E-state index in [0.717, 1.165) is 0 Å². The summed E-state index contributed by atoms with van der Waals surface area (Å²) < 4.78 is 33.0. The van der Waals surface area contributed by atoms with Gasteiger partial charge in [-0.1, -0.05) is 0 Å². The summed E-state index contributed by atoms with van der Waals surface area (Å²) in [4.78, 5) is 12.6. The van der Waals surface area contributed by atoms with E-state index in [2.05, 4.69) is 0 Å². The second-order valence-electron chi connectivity index (χ2n) is 9.69. The number of aromatic hydroxyl groups is 1. The molecule has 2 aromatic carbocycles. The Morgan fingerprint density at radius 3 is 2.32 bits per heavy atom. The largest absolute Gasteiger partial charge is 0.507 e. The normalized spacial score (nSPS) is 32.1. The standard InChI is InChI=1S/C27H30O14/c1-36-13-6-14(29)20-15(30)8-17(39-18(20)7-13)11-2-4-12(5-3-11)38-26-24(35)25(16(31)10-37-26)41-27-23(34)22(33)21(32)19(9-28)40-27/h2-8,16,19,21-29,31-35H,9-10H2,1H3/t16-,19-,21-,22+,23-,24-,25+,26+,27+/m0/s1. The molecule has 14 nitrogen and oxygen atoms in total. The third-order valence-corrected chi connectivity index (χ3v) is 6.98. The van der Waals surface area contributed by atoms with Crippen molar-refractivity contribution in [2.75, 3.05) is 20.3 Å². The SMILES string of the molecule is COc1cc(O)c2c(=O)cc(-c3ccc(O[C@H]4OC[C@H](O)[C@@H](O[C@H]5O[C@@H](CO)[C@H](O)[C@@H](O)[C@@H]5O)[C@@H]4O)cc3)oc2c1. The average molecular weight is 579 g/mol. The molecule has 2 aliphatic heterocycles. The van der Waals surface area contributed by atoms with Crippen molar-refractivity contribution in [3.8, 4) is 28.6 Å². The zero-order chi connectivity index (χ0) is 29.4. The van der Waals surface area contributed by atoms with Crippen LogP contribution < -0.4 is 14.9 Å². The number of methoxy groups -OCH3 is 1. The first-order chi connectivity index (χ1) is 19.6. The van der Waals surface area contributed by atoms with Crippen molar-refractivity contribution in [1.82, 2.24) is 0 Å². The van der Waals surface area contributed by atoms with Gasteiger partial charge in [-0.3, -0.25) is 4.79 Å². The minimum Gasteiger partial charge on any atom is -0.507 e. The Labute approximate surface area is 232 Å². The fourth-order valence-electron chi connectivity index (χ4n) is 4.71. The van der Waals surface area contributed by atoms with Gasteiger partial charge in [0.1, 0.15) is 76.7 Å². The zero-order valence-corrected chi connectivity index (χ0v) is 21.6. The van der Waals surface area contributed by atoms with Crippen LogP contribution in [0.2, 0.25) is 0 Å². The lowest BCUT2D eigenvalue weighted by Gasteiger charge is -2.44. The predicted octanol–water partition coefficient (Wildman–Crippen LogP) is -1.18. The summed E-state index contributed by atoms with van der Waals surface area (Å²) in [6.45, 7) is -0.995.